The third-order valence-corrected chi connectivity index (χ3v) is 4.68. The van der Waals surface area contributed by atoms with Gasteiger partial charge in [-0.05, 0) is 35.8 Å². The number of rotatable bonds is 3. The highest BCUT2D eigenvalue weighted by atomic mass is 19.1. The van der Waals surface area contributed by atoms with E-state index in [0.29, 0.717) is 34.7 Å². The second-order valence-electron chi connectivity index (χ2n) is 6.02. The van der Waals surface area contributed by atoms with Crippen molar-refractivity contribution in [3.8, 4) is 0 Å². The molecule has 21 heavy (non-hydrogen) atoms. The van der Waals surface area contributed by atoms with E-state index >= 15 is 0 Å². The van der Waals surface area contributed by atoms with Crippen LogP contribution in [-0.4, -0.2) is 12.5 Å². The van der Waals surface area contributed by atoms with Gasteiger partial charge < -0.3 is 5.32 Å². The van der Waals surface area contributed by atoms with Crippen molar-refractivity contribution in [2.24, 2.45) is 11.8 Å². The molecule has 2 aromatic carbocycles. The van der Waals surface area contributed by atoms with Gasteiger partial charge in [-0.25, -0.2) is 4.39 Å². The van der Waals surface area contributed by atoms with Crippen molar-refractivity contribution in [3.63, 3.8) is 0 Å². The molecule has 3 heteroatoms. The maximum absolute atomic E-state index is 13.8. The Morgan fingerprint density at radius 2 is 1.95 bits per heavy atom. The van der Waals surface area contributed by atoms with Gasteiger partial charge in [-0.15, -0.1) is 0 Å². The van der Waals surface area contributed by atoms with E-state index in [2.05, 4.69) is 12.2 Å². The Bertz CT molecular complexity index is 667. The molecule has 0 radical (unpaired) electrons. The van der Waals surface area contributed by atoms with E-state index in [4.69, 9.17) is 0 Å². The van der Waals surface area contributed by atoms with Gasteiger partial charge in [0, 0.05) is 17.5 Å². The van der Waals surface area contributed by atoms with Gasteiger partial charge in [0.05, 0.1) is 0 Å². The van der Waals surface area contributed by atoms with E-state index in [0.717, 1.165) is 0 Å². The maximum Gasteiger partial charge on any atom is 0.251 e. The standard InChI is InChI=1S/C18H20FNO/c1-12-5-4-6-13(12)11-20-18(21)16-9-10-17(19)15-8-3-2-7-14(15)16/h2-3,7-10,12-13H,4-6,11H2,1H3,(H,20,21). The number of carbonyl (C=O) groups excluding carboxylic acids is 1. The smallest absolute Gasteiger partial charge is 0.251 e. The molecule has 2 nitrogen and oxygen atoms in total. The van der Waals surface area contributed by atoms with Crippen LogP contribution in [0, 0.1) is 17.7 Å². The minimum Gasteiger partial charge on any atom is -0.352 e. The summed E-state index contributed by atoms with van der Waals surface area (Å²) in [7, 11) is 0. The molecule has 2 unspecified atom stereocenters. The predicted octanol–water partition coefficient (Wildman–Crippen LogP) is 4.14. The molecule has 1 N–H and O–H groups in total. The van der Waals surface area contributed by atoms with Crippen LogP contribution in [0.2, 0.25) is 0 Å². The number of hydrogen-bond donors (Lipinski definition) is 1. The van der Waals surface area contributed by atoms with Crippen molar-refractivity contribution in [2.45, 2.75) is 26.2 Å². The van der Waals surface area contributed by atoms with E-state index in [-0.39, 0.29) is 11.7 Å². The van der Waals surface area contributed by atoms with Gasteiger partial charge in [-0.2, -0.15) is 0 Å². The van der Waals surface area contributed by atoms with Crippen molar-refractivity contribution in [1.29, 1.82) is 0 Å². The molecule has 1 saturated carbocycles. The van der Waals surface area contributed by atoms with Crippen LogP contribution in [0.5, 0.6) is 0 Å². The SMILES string of the molecule is CC1CCCC1CNC(=O)c1ccc(F)c2ccccc12. The first kappa shape index (κ1) is 14.1. The van der Waals surface area contributed by atoms with Gasteiger partial charge >= 0.3 is 0 Å². The molecule has 0 aliphatic heterocycles. The molecule has 0 heterocycles. The first-order valence-corrected chi connectivity index (χ1v) is 7.62. The molecular formula is C18H20FNO. The third kappa shape index (κ3) is 2.78. The summed E-state index contributed by atoms with van der Waals surface area (Å²) in [6.07, 6.45) is 3.69. The second-order valence-corrected chi connectivity index (χ2v) is 6.02. The summed E-state index contributed by atoms with van der Waals surface area (Å²) in [6, 6.07) is 10.1. The summed E-state index contributed by atoms with van der Waals surface area (Å²) >= 11 is 0. The molecule has 1 fully saturated rings. The Kier molecular flexibility index (Phi) is 3.91. The predicted molar refractivity (Wildman–Crippen MR) is 82.7 cm³/mol. The Morgan fingerprint density at radius 3 is 2.67 bits per heavy atom. The molecule has 1 aliphatic carbocycles. The maximum atomic E-state index is 13.8. The largest absolute Gasteiger partial charge is 0.352 e. The summed E-state index contributed by atoms with van der Waals surface area (Å²) in [5, 5.41) is 4.20. The van der Waals surface area contributed by atoms with Crippen LogP contribution >= 0.6 is 0 Å². The Labute approximate surface area is 124 Å². The van der Waals surface area contributed by atoms with Crippen LogP contribution in [0.3, 0.4) is 0 Å². The number of hydrogen-bond acceptors (Lipinski definition) is 1. The third-order valence-electron chi connectivity index (χ3n) is 4.68. The zero-order valence-corrected chi connectivity index (χ0v) is 12.2. The average molecular weight is 285 g/mol. The highest BCUT2D eigenvalue weighted by Gasteiger charge is 2.24. The van der Waals surface area contributed by atoms with Gasteiger partial charge in [-0.1, -0.05) is 44.0 Å². The van der Waals surface area contributed by atoms with E-state index in [1.807, 2.05) is 6.07 Å². The van der Waals surface area contributed by atoms with Crippen LogP contribution in [0.1, 0.15) is 36.5 Å². The van der Waals surface area contributed by atoms with Crippen LogP contribution in [0.15, 0.2) is 36.4 Å². The van der Waals surface area contributed by atoms with Crippen LogP contribution in [0.4, 0.5) is 4.39 Å². The minimum absolute atomic E-state index is 0.106. The molecule has 0 bridgehead atoms. The van der Waals surface area contributed by atoms with Crippen molar-refractivity contribution in [3.05, 3.63) is 47.8 Å². The number of nitrogens with one attached hydrogen (secondary N) is 1. The molecule has 0 spiro atoms. The summed E-state index contributed by atoms with van der Waals surface area (Å²) in [5.41, 5.74) is 0.553. The number of benzene rings is 2. The Morgan fingerprint density at radius 1 is 1.19 bits per heavy atom. The number of fused-ring (bicyclic) bond motifs is 1. The van der Waals surface area contributed by atoms with E-state index in [1.165, 1.54) is 25.3 Å². The fourth-order valence-electron chi connectivity index (χ4n) is 3.30. The lowest BCUT2D eigenvalue weighted by atomic mass is 9.98. The zero-order valence-electron chi connectivity index (χ0n) is 12.2. The summed E-state index contributed by atoms with van der Waals surface area (Å²) < 4.78 is 13.8. The zero-order chi connectivity index (χ0) is 14.8. The fourth-order valence-corrected chi connectivity index (χ4v) is 3.30. The van der Waals surface area contributed by atoms with Crippen molar-refractivity contribution >= 4 is 16.7 Å². The van der Waals surface area contributed by atoms with Gasteiger partial charge in [0.2, 0.25) is 0 Å². The number of carbonyl (C=O) groups is 1. The quantitative estimate of drug-likeness (QED) is 0.902. The lowest BCUT2D eigenvalue weighted by Gasteiger charge is -2.16. The summed E-state index contributed by atoms with van der Waals surface area (Å²) in [4.78, 5) is 12.4. The van der Waals surface area contributed by atoms with E-state index in [9.17, 15) is 9.18 Å². The first-order chi connectivity index (χ1) is 10.2. The molecule has 0 aromatic heterocycles. The second kappa shape index (κ2) is 5.84. The molecule has 1 aliphatic rings. The molecule has 3 rings (SSSR count). The Hall–Kier alpha value is -1.90. The van der Waals surface area contributed by atoms with Gasteiger partial charge in [-0.3, -0.25) is 4.79 Å². The van der Waals surface area contributed by atoms with Crippen LogP contribution in [0.25, 0.3) is 10.8 Å². The van der Waals surface area contributed by atoms with Gasteiger partial charge in [0.1, 0.15) is 5.82 Å². The lowest BCUT2D eigenvalue weighted by Crippen LogP contribution is -2.30. The fraction of sp³-hybridized carbons (Fsp3) is 0.389. The van der Waals surface area contributed by atoms with Crippen molar-refractivity contribution < 1.29 is 9.18 Å². The minimum atomic E-state index is -0.286. The van der Waals surface area contributed by atoms with E-state index in [1.54, 1.807) is 24.3 Å². The molecule has 1 amide bonds. The average Bonchev–Trinajstić information content (AvgIpc) is 2.91. The first-order valence-electron chi connectivity index (χ1n) is 7.62. The summed E-state index contributed by atoms with van der Waals surface area (Å²) in [6.45, 7) is 2.96. The van der Waals surface area contributed by atoms with Crippen molar-refractivity contribution in [1.82, 2.24) is 5.32 Å². The van der Waals surface area contributed by atoms with Crippen LogP contribution < -0.4 is 5.32 Å². The van der Waals surface area contributed by atoms with Crippen LogP contribution in [-0.2, 0) is 0 Å². The highest BCUT2D eigenvalue weighted by molar-refractivity contribution is 6.07. The van der Waals surface area contributed by atoms with Crippen molar-refractivity contribution in [2.75, 3.05) is 6.54 Å². The molecule has 2 aromatic rings. The monoisotopic (exact) mass is 285 g/mol. The Balaban J connectivity index is 1.80. The molecule has 0 saturated heterocycles. The molecule has 2 atom stereocenters. The summed E-state index contributed by atoms with van der Waals surface area (Å²) in [5.74, 6) is 0.854. The van der Waals surface area contributed by atoms with Gasteiger partial charge in [0.25, 0.3) is 5.91 Å². The molecule has 110 valence electrons. The van der Waals surface area contributed by atoms with E-state index < -0.39 is 0 Å². The normalized spacial score (nSPS) is 21.6. The number of amides is 1. The highest BCUT2D eigenvalue weighted by Crippen LogP contribution is 2.30. The number of halogens is 1. The molecular weight excluding hydrogens is 265 g/mol. The van der Waals surface area contributed by atoms with Gasteiger partial charge in [0.15, 0.2) is 0 Å². The lowest BCUT2D eigenvalue weighted by molar-refractivity contribution is 0.0946. The topological polar surface area (TPSA) is 29.1 Å².